The van der Waals surface area contributed by atoms with Crippen molar-refractivity contribution in [1.82, 2.24) is 9.88 Å². The first-order valence-electron chi connectivity index (χ1n) is 7.97. The lowest BCUT2D eigenvalue weighted by atomic mass is 9.93. The van der Waals surface area contributed by atoms with Crippen molar-refractivity contribution in [1.29, 1.82) is 5.26 Å². The number of rotatable bonds is 4. The number of hydrogen-bond acceptors (Lipinski definition) is 3. The van der Waals surface area contributed by atoms with E-state index in [0.717, 1.165) is 43.7 Å². The predicted molar refractivity (Wildman–Crippen MR) is 101 cm³/mol. The normalized spacial score (nSPS) is 17.6. The van der Waals surface area contributed by atoms with E-state index in [4.69, 9.17) is 5.26 Å². The summed E-state index contributed by atoms with van der Waals surface area (Å²) in [7, 11) is 0. The molecule has 3 rings (SSSR count). The van der Waals surface area contributed by atoms with Crippen LogP contribution in [0.25, 0.3) is 11.3 Å². The molecule has 2 aromatic rings. The first kappa shape index (κ1) is 16.4. The third-order valence-electron chi connectivity index (χ3n) is 4.47. The highest BCUT2D eigenvalue weighted by atomic mass is 127. The summed E-state index contributed by atoms with van der Waals surface area (Å²) in [5.41, 5.74) is 3.52. The Hall–Kier alpha value is -1.45. The van der Waals surface area contributed by atoms with Crippen molar-refractivity contribution in [2.24, 2.45) is 0 Å². The number of benzene rings is 1. The summed E-state index contributed by atoms with van der Waals surface area (Å²) in [4.78, 5) is 6.88. The van der Waals surface area contributed by atoms with Gasteiger partial charge in [0.15, 0.2) is 0 Å². The van der Waals surface area contributed by atoms with Gasteiger partial charge in [-0.2, -0.15) is 5.26 Å². The highest BCUT2D eigenvalue weighted by Crippen LogP contribution is 2.35. The number of nitriles is 1. The molecule has 1 aromatic heterocycles. The summed E-state index contributed by atoms with van der Waals surface area (Å²) >= 11 is 2.49. The molecule has 1 saturated heterocycles. The van der Waals surface area contributed by atoms with Crippen LogP contribution < -0.4 is 0 Å². The summed E-state index contributed by atoms with van der Waals surface area (Å²) in [5.74, 6) is 0. The van der Waals surface area contributed by atoms with Crippen LogP contribution in [0.3, 0.4) is 0 Å². The van der Waals surface area contributed by atoms with E-state index >= 15 is 0 Å². The average Bonchev–Trinajstić information content (AvgIpc) is 2.59. The van der Waals surface area contributed by atoms with Gasteiger partial charge in [-0.1, -0.05) is 52.9 Å². The number of pyridine rings is 1. The van der Waals surface area contributed by atoms with Crippen LogP contribution in [0.5, 0.6) is 0 Å². The highest BCUT2D eigenvalue weighted by molar-refractivity contribution is 14.1. The molecular formula is C19H20IN3. The maximum absolute atomic E-state index is 8.93. The number of hydrogen-bond donors (Lipinski definition) is 0. The largest absolute Gasteiger partial charge is 0.299 e. The maximum atomic E-state index is 8.93. The number of halogens is 1. The number of piperidine rings is 1. The van der Waals surface area contributed by atoms with Gasteiger partial charge in [-0.15, -0.1) is 0 Å². The quantitative estimate of drug-likeness (QED) is 0.546. The molecule has 0 amide bonds. The fourth-order valence-corrected chi connectivity index (χ4v) is 3.66. The Kier molecular flexibility index (Phi) is 5.29. The minimum atomic E-state index is 0.186. The zero-order valence-corrected chi connectivity index (χ0v) is 15.2. The van der Waals surface area contributed by atoms with Crippen LogP contribution in [0.15, 0.2) is 48.7 Å². The van der Waals surface area contributed by atoms with Crippen LogP contribution in [0.4, 0.5) is 0 Å². The molecule has 0 radical (unpaired) electrons. The lowest BCUT2D eigenvalue weighted by Gasteiger charge is -2.36. The molecule has 1 aromatic carbocycles. The first-order chi connectivity index (χ1) is 11.2. The van der Waals surface area contributed by atoms with Crippen molar-refractivity contribution in [2.75, 3.05) is 13.1 Å². The van der Waals surface area contributed by atoms with E-state index in [1.807, 2.05) is 24.4 Å². The van der Waals surface area contributed by atoms with Gasteiger partial charge in [0.1, 0.15) is 0 Å². The molecule has 0 N–H and O–H groups in total. The molecule has 1 aliphatic rings. The molecule has 118 valence electrons. The molecule has 1 aliphatic heterocycles. The second-order valence-corrected chi connectivity index (χ2v) is 8.46. The maximum Gasteiger partial charge on any atom is 0.0701 e. The zero-order chi connectivity index (χ0) is 16.1. The molecule has 0 unspecified atom stereocenters. The third-order valence-corrected chi connectivity index (χ3v) is 5.93. The smallest absolute Gasteiger partial charge is 0.0701 e. The van der Waals surface area contributed by atoms with E-state index in [1.54, 1.807) is 0 Å². The third kappa shape index (κ3) is 4.30. The van der Waals surface area contributed by atoms with Crippen molar-refractivity contribution in [3.8, 4) is 17.3 Å². The number of aromatic nitrogens is 1. The summed E-state index contributed by atoms with van der Waals surface area (Å²) < 4.78 is 0.186. The highest BCUT2D eigenvalue weighted by Gasteiger charge is 2.31. The molecule has 2 heterocycles. The van der Waals surface area contributed by atoms with E-state index in [9.17, 15) is 0 Å². The van der Waals surface area contributed by atoms with Crippen LogP contribution in [0.2, 0.25) is 0 Å². The molecule has 0 saturated carbocycles. The Bertz CT molecular complexity index is 668. The monoisotopic (exact) mass is 417 g/mol. The molecule has 23 heavy (non-hydrogen) atoms. The predicted octanol–water partition coefficient (Wildman–Crippen LogP) is 4.43. The van der Waals surface area contributed by atoms with Gasteiger partial charge in [0.2, 0.25) is 0 Å². The Balaban J connectivity index is 1.59. The number of alkyl halides is 1. The second kappa shape index (κ2) is 7.41. The van der Waals surface area contributed by atoms with Gasteiger partial charge >= 0.3 is 0 Å². The summed E-state index contributed by atoms with van der Waals surface area (Å²) in [6, 6.07) is 17.0. The number of nitrogens with zero attached hydrogens (tertiary/aromatic N) is 3. The van der Waals surface area contributed by atoms with Gasteiger partial charge in [-0.05, 0) is 43.6 Å². The van der Waals surface area contributed by atoms with Gasteiger partial charge < -0.3 is 0 Å². The van der Waals surface area contributed by atoms with Crippen LogP contribution in [0.1, 0.15) is 24.8 Å². The average molecular weight is 417 g/mol. The molecular weight excluding hydrogens is 397 g/mol. The minimum Gasteiger partial charge on any atom is -0.299 e. The van der Waals surface area contributed by atoms with Crippen LogP contribution in [-0.4, -0.2) is 26.4 Å². The number of likely N-dealkylation sites (tertiary alicyclic amines) is 1. The molecule has 4 heteroatoms. The second-order valence-electron chi connectivity index (χ2n) is 6.17. The van der Waals surface area contributed by atoms with Crippen molar-refractivity contribution in [2.45, 2.75) is 29.2 Å². The van der Waals surface area contributed by atoms with Crippen LogP contribution >= 0.6 is 22.6 Å². The Labute approximate surface area is 151 Å². The Morgan fingerprint density at radius 3 is 2.48 bits per heavy atom. The van der Waals surface area contributed by atoms with E-state index in [2.05, 4.69) is 62.8 Å². The van der Waals surface area contributed by atoms with Crippen molar-refractivity contribution < 1.29 is 0 Å². The van der Waals surface area contributed by atoms with Crippen LogP contribution in [0, 0.1) is 11.3 Å². The summed E-state index contributed by atoms with van der Waals surface area (Å²) in [6.45, 7) is 3.14. The van der Waals surface area contributed by atoms with E-state index in [-0.39, 0.29) is 3.42 Å². The Morgan fingerprint density at radius 1 is 1.13 bits per heavy atom. The topological polar surface area (TPSA) is 39.9 Å². The molecule has 3 nitrogen and oxygen atoms in total. The fourth-order valence-electron chi connectivity index (χ4n) is 3.00. The molecule has 0 spiro atoms. The molecule has 0 atom stereocenters. The minimum absolute atomic E-state index is 0.186. The fraction of sp³-hybridized carbons (Fsp3) is 0.368. The summed E-state index contributed by atoms with van der Waals surface area (Å²) in [6.07, 6.45) is 4.70. The van der Waals surface area contributed by atoms with Gasteiger partial charge in [-0.25, -0.2) is 0 Å². The van der Waals surface area contributed by atoms with Gasteiger partial charge in [0.05, 0.1) is 11.8 Å². The van der Waals surface area contributed by atoms with Crippen molar-refractivity contribution >= 4 is 22.6 Å². The van der Waals surface area contributed by atoms with Gasteiger partial charge in [-0.3, -0.25) is 9.88 Å². The SMILES string of the molecule is N#CCC1(I)CCN(Cc2ccc(-c3ccccn3)cc2)CC1. The summed E-state index contributed by atoms with van der Waals surface area (Å²) in [5, 5.41) is 8.93. The standard InChI is InChI=1S/C19H20IN3/c20-19(8-11-21)9-13-23(14-10-19)15-16-4-6-17(7-5-16)18-3-1-2-12-22-18/h1-7,12H,8-10,13-15H2. The molecule has 0 bridgehead atoms. The lowest BCUT2D eigenvalue weighted by molar-refractivity contribution is 0.199. The van der Waals surface area contributed by atoms with Crippen LogP contribution in [-0.2, 0) is 6.54 Å². The first-order valence-corrected chi connectivity index (χ1v) is 9.05. The van der Waals surface area contributed by atoms with Crippen molar-refractivity contribution in [3.63, 3.8) is 0 Å². The van der Waals surface area contributed by atoms with Gasteiger partial charge in [0, 0.05) is 28.1 Å². The Morgan fingerprint density at radius 2 is 1.87 bits per heavy atom. The van der Waals surface area contributed by atoms with E-state index in [0.29, 0.717) is 6.42 Å². The zero-order valence-electron chi connectivity index (χ0n) is 13.1. The lowest BCUT2D eigenvalue weighted by Crippen LogP contribution is -2.40. The molecule has 1 fully saturated rings. The van der Waals surface area contributed by atoms with Gasteiger partial charge in [0.25, 0.3) is 0 Å². The van der Waals surface area contributed by atoms with E-state index < -0.39 is 0 Å². The molecule has 0 aliphatic carbocycles. The van der Waals surface area contributed by atoms with Crippen molar-refractivity contribution in [3.05, 3.63) is 54.2 Å². The van der Waals surface area contributed by atoms with E-state index in [1.165, 1.54) is 5.56 Å².